The summed E-state index contributed by atoms with van der Waals surface area (Å²) in [6.45, 7) is 3.56. The van der Waals surface area contributed by atoms with Crippen LogP contribution in [0.3, 0.4) is 0 Å². The standard InChI is InChI=1S/C7H16NO2/c1-6-7(9)8(2,3)4-5-10-6/h6-7,9H,4-5H2,1-3H3/q+1. The molecule has 0 bridgehead atoms. The van der Waals surface area contributed by atoms with E-state index in [1.165, 1.54) is 0 Å². The summed E-state index contributed by atoms with van der Waals surface area (Å²) in [5, 5.41) is 9.55. The molecule has 60 valence electrons. The van der Waals surface area contributed by atoms with E-state index in [9.17, 15) is 5.11 Å². The second-order valence-corrected chi connectivity index (χ2v) is 3.49. The lowest BCUT2D eigenvalue weighted by atomic mass is 10.2. The van der Waals surface area contributed by atoms with Gasteiger partial charge in [0, 0.05) is 0 Å². The maximum absolute atomic E-state index is 9.55. The number of hydrogen-bond acceptors (Lipinski definition) is 2. The molecule has 3 heteroatoms. The van der Waals surface area contributed by atoms with E-state index in [0.29, 0.717) is 4.48 Å². The van der Waals surface area contributed by atoms with E-state index in [2.05, 4.69) is 0 Å². The number of likely N-dealkylation sites (N-methyl/N-ethyl adjacent to an activating group) is 1. The third-order valence-corrected chi connectivity index (χ3v) is 2.18. The van der Waals surface area contributed by atoms with Gasteiger partial charge in [-0.25, -0.2) is 0 Å². The quantitative estimate of drug-likeness (QED) is 0.480. The molecule has 0 saturated carbocycles. The van der Waals surface area contributed by atoms with Crippen LogP contribution in [0.4, 0.5) is 0 Å². The molecular weight excluding hydrogens is 130 g/mol. The van der Waals surface area contributed by atoms with Gasteiger partial charge in [-0.05, 0) is 6.92 Å². The molecule has 2 atom stereocenters. The van der Waals surface area contributed by atoms with E-state index in [1.807, 2.05) is 21.0 Å². The van der Waals surface area contributed by atoms with Gasteiger partial charge in [-0.15, -0.1) is 0 Å². The van der Waals surface area contributed by atoms with Gasteiger partial charge >= 0.3 is 0 Å². The van der Waals surface area contributed by atoms with Gasteiger partial charge in [0.15, 0.2) is 0 Å². The predicted molar refractivity (Wildman–Crippen MR) is 38.4 cm³/mol. The van der Waals surface area contributed by atoms with Crippen LogP contribution >= 0.6 is 0 Å². The molecule has 1 fully saturated rings. The van der Waals surface area contributed by atoms with Crippen LogP contribution in [-0.4, -0.2) is 49.2 Å². The Bertz CT molecular complexity index is 125. The third-order valence-electron chi connectivity index (χ3n) is 2.18. The third kappa shape index (κ3) is 1.31. The van der Waals surface area contributed by atoms with Crippen LogP contribution in [0.2, 0.25) is 0 Å². The van der Waals surface area contributed by atoms with Crippen molar-refractivity contribution in [3.05, 3.63) is 0 Å². The van der Waals surface area contributed by atoms with Crippen molar-refractivity contribution in [1.82, 2.24) is 0 Å². The summed E-state index contributed by atoms with van der Waals surface area (Å²) in [4.78, 5) is 0. The first-order valence-corrected chi connectivity index (χ1v) is 3.66. The molecule has 3 nitrogen and oxygen atoms in total. The first kappa shape index (κ1) is 7.98. The number of aliphatic hydroxyl groups is 1. The molecule has 10 heavy (non-hydrogen) atoms. The lowest BCUT2D eigenvalue weighted by molar-refractivity contribution is -0.948. The zero-order valence-electron chi connectivity index (χ0n) is 6.87. The predicted octanol–water partition coefficient (Wildman–Crippen LogP) is -0.200. The Kier molecular flexibility index (Phi) is 1.99. The van der Waals surface area contributed by atoms with Crippen molar-refractivity contribution in [2.24, 2.45) is 0 Å². The lowest BCUT2D eigenvalue weighted by Gasteiger charge is -2.41. The van der Waals surface area contributed by atoms with Gasteiger partial charge in [0.25, 0.3) is 0 Å². The maximum Gasteiger partial charge on any atom is 0.216 e. The molecule has 1 aliphatic rings. The normalized spacial score (nSPS) is 39.6. The number of morpholine rings is 1. The van der Waals surface area contributed by atoms with Crippen molar-refractivity contribution in [3.63, 3.8) is 0 Å². The Balaban J connectivity index is 2.60. The van der Waals surface area contributed by atoms with Crippen molar-refractivity contribution >= 4 is 0 Å². The molecule has 1 N–H and O–H groups in total. The fraction of sp³-hybridized carbons (Fsp3) is 1.00. The Hall–Kier alpha value is -0.120. The van der Waals surface area contributed by atoms with Gasteiger partial charge in [0.2, 0.25) is 6.23 Å². The van der Waals surface area contributed by atoms with E-state index in [0.717, 1.165) is 13.2 Å². The Morgan fingerprint density at radius 3 is 2.50 bits per heavy atom. The highest BCUT2D eigenvalue weighted by molar-refractivity contribution is 4.58. The molecule has 0 radical (unpaired) electrons. The molecule has 0 spiro atoms. The van der Waals surface area contributed by atoms with Crippen LogP contribution in [0.5, 0.6) is 0 Å². The van der Waals surface area contributed by atoms with E-state index < -0.39 is 0 Å². The Morgan fingerprint density at radius 2 is 2.10 bits per heavy atom. The minimum atomic E-state index is -0.367. The number of ether oxygens (including phenoxy) is 1. The van der Waals surface area contributed by atoms with E-state index >= 15 is 0 Å². The summed E-state index contributed by atoms with van der Waals surface area (Å²) in [5.74, 6) is 0. The summed E-state index contributed by atoms with van der Waals surface area (Å²) in [5.41, 5.74) is 0. The second kappa shape index (κ2) is 2.49. The molecule has 1 rings (SSSR count). The zero-order chi connectivity index (χ0) is 7.78. The van der Waals surface area contributed by atoms with Gasteiger partial charge in [-0.1, -0.05) is 0 Å². The van der Waals surface area contributed by atoms with E-state index in [1.54, 1.807) is 0 Å². The highest BCUT2D eigenvalue weighted by Crippen LogP contribution is 2.15. The van der Waals surface area contributed by atoms with Crippen LogP contribution in [0.15, 0.2) is 0 Å². The number of hydrogen-bond donors (Lipinski definition) is 1. The lowest BCUT2D eigenvalue weighted by Crippen LogP contribution is -2.59. The summed E-state index contributed by atoms with van der Waals surface area (Å²) in [6, 6.07) is 0. The highest BCUT2D eigenvalue weighted by Gasteiger charge is 2.35. The molecule has 1 heterocycles. The number of quaternary nitrogens is 1. The van der Waals surface area contributed by atoms with Crippen LogP contribution in [0.25, 0.3) is 0 Å². The van der Waals surface area contributed by atoms with E-state index in [-0.39, 0.29) is 12.3 Å². The smallest absolute Gasteiger partial charge is 0.216 e. The molecule has 0 aliphatic carbocycles. The van der Waals surface area contributed by atoms with Crippen molar-refractivity contribution in [2.45, 2.75) is 19.3 Å². The van der Waals surface area contributed by atoms with Gasteiger partial charge < -0.3 is 9.84 Å². The largest absolute Gasteiger partial charge is 0.364 e. The summed E-state index contributed by atoms with van der Waals surface area (Å²) >= 11 is 0. The molecule has 0 aromatic carbocycles. The fourth-order valence-corrected chi connectivity index (χ4v) is 1.26. The number of rotatable bonds is 0. The van der Waals surface area contributed by atoms with Gasteiger partial charge in [0.05, 0.1) is 20.7 Å². The first-order valence-electron chi connectivity index (χ1n) is 3.66. The average molecular weight is 146 g/mol. The molecule has 1 aliphatic heterocycles. The van der Waals surface area contributed by atoms with Crippen LogP contribution in [0.1, 0.15) is 6.92 Å². The monoisotopic (exact) mass is 146 g/mol. The molecule has 2 unspecified atom stereocenters. The van der Waals surface area contributed by atoms with Gasteiger partial charge in [0.1, 0.15) is 12.6 Å². The summed E-state index contributed by atoms with van der Waals surface area (Å²) in [7, 11) is 4.04. The first-order chi connectivity index (χ1) is 4.54. The van der Waals surface area contributed by atoms with Gasteiger partial charge in [-0.2, -0.15) is 0 Å². The average Bonchev–Trinajstić information content (AvgIpc) is 1.83. The van der Waals surface area contributed by atoms with Crippen molar-refractivity contribution in [3.8, 4) is 0 Å². The van der Waals surface area contributed by atoms with Crippen molar-refractivity contribution < 1.29 is 14.3 Å². The topological polar surface area (TPSA) is 29.5 Å². The van der Waals surface area contributed by atoms with Crippen LogP contribution < -0.4 is 0 Å². The van der Waals surface area contributed by atoms with Crippen molar-refractivity contribution in [1.29, 1.82) is 0 Å². The maximum atomic E-state index is 9.55. The van der Waals surface area contributed by atoms with Gasteiger partial charge in [-0.3, -0.25) is 4.48 Å². The molecular formula is C7H16NO2+. The molecule has 0 aromatic heterocycles. The summed E-state index contributed by atoms with van der Waals surface area (Å²) < 4.78 is 5.91. The summed E-state index contributed by atoms with van der Waals surface area (Å²) in [6.07, 6.45) is -0.391. The van der Waals surface area contributed by atoms with Crippen LogP contribution in [-0.2, 0) is 4.74 Å². The highest BCUT2D eigenvalue weighted by atomic mass is 16.5. The Labute approximate surface area is 61.8 Å². The number of aliphatic hydroxyl groups excluding tert-OH is 1. The molecule has 1 saturated heterocycles. The fourth-order valence-electron chi connectivity index (χ4n) is 1.26. The Morgan fingerprint density at radius 1 is 1.50 bits per heavy atom. The second-order valence-electron chi connectivity index (χ2n) is 3.49. The number of nitrogens with zero attached hydrogens (tertiary/aromatic N) is 1. The SMILES string of the molecule is CC1OCC[N+](C)(C)C1O. The van der Waals surface area contributed by atoms with Crippen molar-refractivity contribution in [2.75, 3.05) is 27.2 Å². The molecule has 0 amide bonds. The van der Waals surface area contributed by atoms with E-state index in [4.69, 9.17) is 4.74 Å². The van der Waals surface area contributed by atoms with Crippen LogP contribution in [0, 0.1) is 0 Å². The molecule has 0 aromatic rings. The minimum absolute atomic E-state index is 0.0243. The minimum Gasteiger partial charge on any atom is -0.364 e. The zero-order valence-corrected chi connectivity index (χ0v) is 6.87.